The highest BCUT2D eigenvalue weighted by Gasteiger charge is 2.30. The highest BCUT2D eigenvalue weighted by molar-refractivity contribution is 14.1. The fourth-order valence-electron chi connectivity index (χ4n) is 0.539. The van der Waals surface area contributed by atoms with Gasteiger partial charge in [0.1, 0.15) is 6.42 Å². The van der Waals surface area contributed by atoms with Crippen LogP contribution in [0.5, 0.6) is 0 Å². The van der Waals surface area contributed by atoms with Crippen LogP contribution in [-0.2, 0) is 4.79 Å². The van der Waals surface area contributed by atoms with Crippen LogP contribution in [0.2, 0.25) is 0 Å². The Hall–Kier alpha value is -0.0100. The summed E-state index contributed by atoms with van der Waals surface area (Å²) in [6, 6.07) is 0. The molecule has 0 rings (SSSR count). The molecule has 6 heteroatoms. The predicted octanol–water partition coefficient (Wildman–Crippen LogP) is 1.88. The van der Waals surface area contributed by atoms with Crippen LogP contribution in [-0.4, -0.2) is 23.1 Å². The van der Waals surface area contributed by atoms with Crippen molar-refractivity contribution in [2.24, 2.45) is 0 Å². The van der Waals surface area contributed by atoms with Gasteiger partial charge < -0.3 is 5.32 Å². The van der Waals surface area contributed by atoms with Gasteiger partial charge in [-0.15, -0.1) is 0 Å². The van der Waals surface area contributed by atoms with E-state index in [9.17, 15) is 18.0 Å². The number of carbonyl (C=O) groups is 1. The summed E-state index contributed by atoms with van der Waals surface area (Å²) in [5.74, 6) is -0.952. The molecule has 72 valence electrons. The van der Waals surface area contributed by atoms with Gasteiger partial charge in [-0.3, -0.25) is 4.79 Å². The van der Waals surface area contributed by atoms with Crippen LogP contribution in [0, 0.1) is 0 Å². The van der Waals surface area contributed by atoms with Crippen LogP contribution >= 0.6 is 22.6 Å². The number of hydrogen-bond donors (Lipinski definition) is 1. The lowest BCUT2D eigenvalue weighted by molar-refractivity contribution is -0.153. The van der Waals surface area contributed by atoms with Gasteiger partial charge in [-0.05, 0) is 6.42 Å². The molecule has 0 radical (unpaired) electrons. The molecule has 0 bridgehead atoms. The maximum Gasteiger partial charge on any atom is 0.397 e. The van der Waals surface area contributed by atoms with E-state index < -0.39 is 18.5 Å². The van der Waals surface area contributed by atoms with E-state index >= 15 is 0 Å². The molecule has 1 amide bonds. The Balaban J connectivity index is 3.47. The van der Waals surface area contributed by atoms with Crippen LogP contribution in [0.4, 0.5) is 13.2 Å². The molecule has 0 aliphatic carbocycles. The molecule has 0 fully saturated rings. The lowest BCUT2D eigenvalue weighted by atomic mass is 10.4. The lowest BCUT2D eigenvalue weighted by Gasteiger charge is -2.06. The molecule has 2 nitrogen and oxygen atoms in total. The molecular weight excluding hydrogens is 286 g/mol. The van der Waals surface area contributed by atoms with Crippen molar-refractivity contribution in [3.05, 3.63) is 0 Å². The van der Waals surface area contributed by atoms with Crippen LogP contribution < -0.4 is 5.32 Å². The monoisotopic (exact) mass is 295 g/mol. The summed E-state index contributed by atoms with van der Waals surface area (Å²) in [6.07, 6.45) is -5.08. The summed E-state index contributed by atoms with van der Waals surface area (Å²) in [5.41, 5.74) is 0. The van der Waals surface area contributed by atoms with Crippen molar-refractivity contribution < 1.29 is 18.0 Å². The minimum absolute atomic E-state index is 0.317. The first kappa shape index (κ1) is 12.0. The Morgan fingerprint density at radius 1 is 1.42 bits per heavy atom. The van der Waals surface area contributed by atoms with Gasteiger partial charge in [0.25, 0.3) is 0 Å². The van der Waals surface area contributed by atoms with Gasteiger partial charge in [0, 0.05) is 11.0 Å². The van der Waals surface area contributed by atoms with Crippen molar-refractivity contribution >= 4 is 28.5 Å². The SMILES string of the molecule is O=C(CC(F)(F)F)NCCCI. The Morgan fingerprint density at radius 2 is 2.00 bits per heavy atom. The Labute approximate surface area is 82.0 Å². The first-order valence-corrected chi connectivity index (χ1v) is 4.87. The highest BCUT2D eigenvalue weighted by atomic mass is 127. The van der Waals surface area contributed by atoms with Crippen molar-refractivity contribution in [1.82, 2.24) is 5.32 Å². The zero-order chi connectivity index (χ0) is 9.61. The first-order chi connectivity index (χ1) is 5.45. The maximum atomic E-state index is 11.6. The van der Waals surface area contributed by atoms with Gasteiger partial charge in [0.05, 0.1) is 0 Å². The minimum Gasteiger partial charge on any atom is -0.356 e. The number of nitrogens with one attached hydrogen (secondary N) is 1. The van der Waals surface area contributed by atoms with Crippen molar-refractivity contribution in [1.29, 1.82) is 0 Å². The molecule has 1 N–H and O–H groups in total. The fourth-order valence-corrected chi connectivity index (χ4v) is 0.921. The number of rotatable bonds is 4. The van der Waals surface area contributed by atoms with Crippen molar-refractivity contribution in [3.63, 3.8) is 0 Å². The van der Waals surface area contributed by atoms with Gasteiger partial charge in [-0.1, -0.05) is 22.6 Å². The Bertz CT molecular complexity index is 148. The molecule has 0 aromatic carbocycles. The molecule has 0 spiro atoms. The van der Waals surface area contributed by atoms with Crippen molar-refractivity contribution in [2.45, 2.75) is 19.0 Å². The zero-order valence-corrected chi connectivity index (χ0v) is 8.41. The largest absolute Gasteiger partial charge is 0.397 e. The van der Waals surface area contributed by atoms with E-state index in [0.29, 0.717) is 13.0 Å². The third kappa shape index (κ3) is 8.09. The quantitative estimate of drug-likeness (QED) is 0.479. The third-order valence-electron chi connectivity index (χ3n) is 0.994. The second-order valence-corrected chi connectivity index (χ2v) is 3.26. The predicted molar refractivity (Wildman–Crippen MR) is 47.2 cm³/mol. The lowest BCUT2D eigenvalue weighted by Crippen LogP contribution is -2.29. The normalized spacial score (nSPS) is 11.3. The Morgan fingerprint density at radius 3 is 2.42 bits per heavy atom. The summed E-state index contributed by atoms with van der Waals surface area (Å²) >= 11 is 2.09. The van der Waals surface area contributed by atoms with E-state index in [2.05, 4.69) is 27.9 Å². The smallest absolute Gasteiger partial charge is 0.356 e. The van der Waals surface area contributed by atoms with E-state index in [1.807, 2.05) is 0 Å². The van der Waals surface area contributed by atoms with Gasteiger partial charge in [-0.2, -0.15) is 13.2 Å². The minimum atomic E-state index is -4.39. The first-order valence-electron chi connectivity index (χ1n) is 3.35. The summed E-state index contributed by atoms with van der Waals surface area (Å²) in [5, 5.41) is 2.18. The summed E-state index contributed by atoms with van der Waals surface area (Å²) < 4.78 is 35.5. The fraction of sp³-hybridized carbons (Fsp3) is 0.833. The van der Waals surface area contributed by atoms with E-state index in [-0.39, 0.29) is 0 Å². The molecule has 0 aromatic heterocycles. The topological polar surface area (TPSA) is 29.1 Å². The number of alkyl halides is 4. The molecule has 0 aliphatic rings. The molecular formula is C6H9F3INO. The van der Waals surface area contributed by atoms with Crippen LogP contribution in [0.3, 0.4) is 0 Å². The average Bonchev–Trinajstić information content (AvgIpc) is 1.84. The molecule has 0 unspecified atom stereocenters. The highest BCUT2D eigenvalue weighted by Crippen LogP contribution is 2.18. The number of carbonyl (C=O) groups excluding carboxylic acids is 1. The molecule has 0 aromatic rings. The van der Waals surface area contributed by atoms with E-state index in [4.69, 9.17) is 0 Å². The molecule has 12 heavy (non-hydrogen) atoms. The van der Waals surface area contributed by atoms with Crippen molar-refractivity contribution in [2.75, 3.05) is 11.0 Å². The van der Waals surface area contributed by atoms with Crippen LogP contribution in [0.25, 0.3) is 0 Å². The molecule has 0 heterocycles. The number of halogens is 4. The van der Waals surface area contributed by atoms with Gasteiger partial charge in [-0.25, -0.2) is 0 Å². The number of hydrogen-bond acceptors (Lipinski definition) is 1. The van der Waals surface area contributed by atoms with Gasteiger partial charge >= 0.3 is 6.18 Å². The zero-order valence-electron chi connectivity index (χ0n) is 6.25. The molecule has 0 saturated carbocycles. The average molecular weight is 295 g/mol. The van der Waals surface area contributed by atoms with Crippen LogP contribution in [0.1, 0.15) is 12.8 Å². The summed E-state index contributed by atoms with van der Waals surface area (Å²) in [7, 11) is 0. The van der Waals surface area contributed by atoms with Crippen LogP contribution in [0.15, 0.2) is 0 Å². The summed E-state index contributed by atoms with van der Waals surface area (Å²) in [4.78, 5) is 10.5. The second-order valence-electron chi connectivity index (χ2n) is 2.18. The Kier molecular flexibility index (Phi) is 5.60. The van der Waals surface area contributed by atoms with Crippen molar-refractivity contribution in [3.8, 4) is 0 Å². The molecule has 0 saturated heterocycles. The van der Waals surface area contributed by atoms with Gasteiger partial charge in [0.15, 0.2) is 0 Å². The maximum absolute atomic E-state index is 11.6. The van der Waals surface area contributed by atoms with E-state index in [1.165, 1.54) is 0 Å². The molecule has 0 atom stereocenters. The standard InChI is InChI=1S/C6H9F3INO/c7-6(8,9)4-5(12)11-3-1-2-10/h1-4H2,(H,11,12). The third-order valence-corrected chi connectivity index (χ3v) is 1.76. The van der Waals surface area contributed by atoms with Gasteiger partial charge in [0.2, 0.25) is 5.91 Å². The second kappa shape index (κ2) is 5.60. The molecule has 0 aliphatic heterocycles. The summed E-state index contributed by atoms with van der Waals surface area (Å²) in [6.45, 7) is 0.317. The number of amides is 1. The van der Waals surface area contributed by atoms with E-state index in [1.54, 1.807) is 0 Å². The van der Waals surface area contributed by atoms with E-state index in [0.717, 1.165) is 4.43 Å².